The number of aliphatic carboxylic acids is 1. The average molecular weight is 336 g/mol. The van der Waals surface area contributed by atoms with E-state index >= 15 is 0 Å². The lowest BCUT2D eigenvalue weighted by molar-refractivity contribution is -0.141. The van der Waals surface area contributed by atoms with Crippen molar-refractivity contribution in [3.8, 4) is 0 Å². The summed E-state index contributed by atoms with van der Waals surface area (Å²) < 4.78 is 0.820. The molecule has 0 aliphatic carbocycles. The first kappa shape index (κ1) is 14.8. The molecule has 0 fully saturated rings. The van der Waals surface area contributed by atoms with E-state index in [2.05, 4.69) is 26.6 Å². The predicted octanol–water partition coefficient (Wildman–Crippen LogP) is 2.10. The van der Waals surface area contributed by atoms with Crippen LogP contribution in [0.1, 0.15) is 6.92 Å². The average Bonchev–Trinajstić information content (AvgIpc) is 2.27. The van der Waals surface area contributed by atoms with Gasteiger partial charge < -0.3 is 15.7 Å². The first-order valence-corrected chi connectivity index (χ1v) is 6.26. The Hall–Kier alpha value is -1.27. The highest BCUT2D eigenvalue weighted by molar-refractivity contribution is 9.10. The molecule has 0 aliphatic rings. The van der Waals surface area contributed by atoms with Crippen LogP contribution in [0, 0.1) is 0 Å². The molecule has 0 aromatic heterocycles. The van der Waals surface area contributed by atoms with E-state index in [4.69, 9.17) is 16.7 Å². The van der Waals surface area contributed by atoms with Crippen molar-refractivity contribution >= 4 is 45.1 Å². The number of hydrogen-bond donors (Lipinski definition) is 3. The number of carboxylic acids is 1. The summed E-state index contributed by atoms with van der Waals surface area (Å²) in [7, 11) is 0. The van der Waals surface area contributed by atoms with Gasteiger partial charge in [-0.25, -0.2) is 4.79 Å². The van der Waals surface area contributed by atoms with Crippen molar-refractivity contribution in [3.05, 3.63) is 27.7 Å². The van der Waals surface area contributed by atoms with E-state index in [0.29, 0.717) is 10.7 Å². The van der Waals surface area contributed by atoms with Crippen LogP contribution in [0.25, 0.3) is 0 Å². The first-order valence-electron chi connectivity index (χ1n) is 5.09. The molecule has 1 atom stereocenters. The molecule has 0 radical (unpaired) electrons. The van der Waals surface area contributed by atoms with E-state index in [0.717, 1.165) is 4.47 Å². The van der Waals surface area contributed by atoms with Crippen molar-refractivity contribution < 1.29 is 14.7 Å². The summed E-state index contributed by atoms with van der Waals surface area (Å²) >= 11 is 9.23. The molecule has 98 valence electrons. The first-order chi connectivity index (χ1) is 8.40. The van der Waals surface area contributed by atoms with Gasteiger partial charge in [-0.15, -0.1) is 0 Å². The number of rotatable bonds is 5. The van der Waals surface area contributed by atoms with Gasteiger partial charge in [0.1, 0.15) is 6.04 Å². The van der Waals surface area contributed by atoms with Crippen LogP contribution >= 0.6 is 27.5 Å². The highest BCUT2D eigenvalue weighted by Crippen LogP contribution is 2.25. The van der Waals surface area contributed by atoms with Crippen molar-refractivity contribution in [3.63, 3.8) is 0 Å². The summed E-state index contributed by atoms with van der Waals surface area (Å²) in [4.78, 5) is 21.8. The highest BCUT2D eigenvalue weighted by Gasteiger charge is 2.18. The minimum Gasteiger partial charge on any atom is -0.480 e. The zero-order chi connectivity index (χ0) is 13.7. The largest absolute Gasteiger partial charge is 0.480 e. The molecule has 1 rings (SSSR count). The monoisotopic (exact) mass is 334 g/mol. The second kappa shape index (κ2) is 6.61. The molecular weight excluding hydrogens is 323 g/mol. The van der Waals surface area contributed by atoms with Crippen molar-refractivity contribution in [1.29, 1.82) is 0 Å². The van der Waals surface area contributed by atoms with E-state index in [-0.39, 0.29) is 6.54 Å². The van der Waals surface area contributed by atoms with E-state index in [1.165, 1.54) is 6.92 Å². The summed E-state index contributed by atoms with van der Waals surface area (Å²) in [6.45, 7) is 1.31. The maximum atomic E-state index is 10.9. The molecule has 5 nitrogen and oxygen atoms in total. The fourth-order valence-electron chi connectivity index (χ4n) is 1.29. The van der Waals surface area contributed by atoms with Crippen LogP contribution in [0.3, 0.4) is 0 Å². The zero-order valence-electron chi connectivity index (χ0n) is 9.54. The number of halogens is 2. The maximum Gasteiger partial charge on any atom is 0.328 e. The molecule has 0 saturated carbocycles. The van der Waals surface area contributed by atoms with Gasteiger partial charge in [-0.3, -0.25) is 4.79 Å². The molecule has 18 heavy (non-hydrogen) atoms. The second-order valence-electron chi connectivity index (χ2n) is 3.60. The molecule has 0 bridgehead atoms. The third kappa shape index (κ3) is 4.54. The van der Waals surface area contributed by atoms with Crippen LogP contribution in [-0.2, 0) is 9.59 Å². The highest BCUT2D eigenvalue weighted by atomic mass is 79.9. The number of amides is 1. The lowest BCUT2D eigenvalue weighted by Crippen LogP contribution is -2.44. The molecule has 1 aromatic carbocycles. The minimum atomic E-state index is -1.11. The molecule has 0 saturated heterocycles. The molecule has 0 spiro atoms. The van der Waals surface area contributed by atoms with Crippen molar-refractivity contribution in [2.75, 3.05) is 11.9 Å². The van der Waals surface area contributed by atoms with Gasteiger partial charge in [0.25, 0.3) is 0 Å². The van der Waals surface area contributed by atoms with E-state index < -0.39 is 17.9 Å². The van der Waals surface area contributed by atoms with Gasteiger partial charge in [0.05, 0.1) is 10.7 Å². The number of hydrogen-bond acceptors (Lipinski definition) is 3. The number of anilines is 1. The quantitative estimate of drug-likeness (QED) is 0.770. The molecule has 1 aromatic rings. The van der Waals surface area contributed by atoms with Crippen LogP contribution in [0.5, 0.6) is 0 Å². The lowest BCUT2D eigenvalue weighted by atomic mass is 10.2. The van der Waals surface area contributed by atoms with E-state index in [1.54, 1.807) is 18.2 Å². The Morgan fingerprint density at radius 1 is 1.50 bits per heavy atom. The van der Waals surface area contributed by atoms with Gasteiger partial charge in [0.2, 0.25) is 5.91 Å². The van der Waals surface area contributed by atoms with Gasteiger partial charge >= 0.3 is 5.97 Å². The minimum absolute atomic E-state index is 0.0467. The molecular formula is C11H12BrClN2O3. The maximum absolute atomic E-state index is 10.9. The standard InChI is InChI=1S/C11H12BrClN2O3/c1-6(16)15-10(11(17)18)5-14-9-4-7(12)2-3-8(9)13/h2-4,10,14H,5H2,1H3,(H,15,16)(H,17,18). The van der Waals surface area contributed by atoms with Gasteiger partial charge in [-0.05, 0) is 18.2 Å². The fourth-order valence-corrected chi connectivity index (χ4v) is 1.84. The van der Waals surface area contributed by atoms with Crippen LogP contribution in [0.2, 0.25) is 5.02 Å². The fraction of sp³-hybridized carbons (Fsp3) is 0.273. The zero-order valence-corrected chi connectivity index (χ0v) is 11.9. The lowest BCUT2D eigenvalue weighted by Gasteiger charge is -2.15. The smallest absolute Gasteiger partial charge is 0.328 e. The Labute approximate surface area is 118 Å². The van der Waals surface area contributed by atoms with Crippen LogP contribution in [0.15, 0.2) is 22.7 Å². The van der Waals surface area contributed by atoms with Crippen molar-refractivity contribution in [1.82, 2.24) is 5.32 Å². The SMILES string of the molecule is CC(=O)NC(CNc1cc(Br)ccc1Cl)C(=O)O. The van der Waals surface area contributed by atoms with Crippen LogP contribution in [-0.4, -0.2) is 29.6 Å². The topological polar surface area (TPSA) is 78.4 Å². The van der Waals surface area contributed by atoms with Crippen LogP contribution in [0.4, 0.5) is 5.69 Å². The molecule has 1 unspecified atom stereocenters. The third-order valence-electron chi connectivity index (χ3n) is 2.10. The Kier molecular flexibility index (Phi) is 5.43. The summed E-state index contributed by atoms with van der Waals surface area (Å²) in [5, 5.41) is 14.6. The van der Waals surface area contributed by atoms with Crippen LogP contribution < -0.4 is 10.6 Å². The number of carbonyl (C=O) groups excluding carboxylic acids is 1. The summed E-state index contributed by atoms with van der Waals surface area (Å²) in [5.41, 5.74) is 0.600. The number of carbonyl (C=O) groups is 2. The molecule has 3 N–H and O–H groups in total. The van der Waals surface area contributed by atoms with Gasteiger partial charge in [0, 0.05) is 17.9 Å². The Balaban J connectivity index is 2.69. The Bertz CT molecular complexity index is 468. The Morgan fingerprint density at radius 2 is 2.17 bits per heavy atom. The summed E-state index contributed by atoms with van der Waals surface area (Å²) in [6.07, 6.45) is 0. The number of benzene rings is 1. The molecule has 1 amide bonds. The predicted molar refractivity (Wildman–Crippen MR) is 72.9 cm³/mol. The molecule has 0 heterocycles. The molecule has 7 heteroatoms. The van der Waals surface area contributed by atoms with E-state index in [1.807, 2.05) is 0 Å². The van der Waals surface area contributed by atoms with Crippen molar-refractivity contribution in [2.24, 2.45) is 0 Å². The third-order valence-corrected chi connectivity index (χ3v) is 2.92. The molecule has 0 aliphatic heterocycles. The normalized spacial score (nSPS) is 11.7. The van der Waals surface area contributed by atoms with Crippen molar-refractivity contribution in [2.45, 2.75) is 13.0 Å². The Morgan fingerprint density at radius 3 is 2.72 bits per heavy atom. The number of nitrogens with one attached hydrogen (secondary N) is 2. The van der Waals surface area contributed by atoms with Gasteiger partial charge in [-0.1, -0.05) is 27.5 Å². The second-order valence-corrected chi connectivity index (χ2v) is 4.92. The van der Waals surface area contributed by atoms with E-state index in [9.17, 15) is 9.59 Å². The summed E-state index contributed by atoms with van der Waals surface area (Å²) in [5.74, 6) is -1.51. The van der Waals surface area contributed by atoms with Gasteiger partial charge in [0.15, 0.2) is 0 Å². The van der Waals surface area contributed by atoms with Gasteiger partial charge in [-0.2, -0.15) is 0 Å². The summed E-state index contributed by atoms with van der Waals surface area (Å²) in [6, 6.07) is 4.19. The number of carboxylic acid groups (broad SMARTS) is 1.